The fourth-order valence-electron chi connectivity index (χ4n) is 3.08. The van der Waals surface area contributed by atoms with Crippen LogP contribution in [0.2, 0.25) is 0 Å². The van der Waals surface area contributed by atoms with Gasteiger partial charge in [0, 0.05) is 18.3 Å². The van der Waals surface area contributed by atoms with E-state index in [0.717, 1.165) is 22.9 Å². The molecule has 1 aliphatic rings. The van der Waals surface area contributed by atoms with Crippen LogP contribution in [-0.2, 0) is 19.5 Å². The van der Waals surface area contributed by atoms with E-state index in [1.165, 1.54) is 11.3 Å². The van der Waals surface area contributed by atoms with Crippen LogP contribution in [0.15, 0.2) is 41.8 Å². The van der Waals surface area contributed by atoms with Gasteiger partial charge in [-0.05, 0) is 11.6 Å². The number of benzene rings is 1. The van der Waals surface area contributed by atoms with Crippen molar-refractivity contribution in [3.8, 4) is 0 Å². The Morgan fingerprint density at radius 3 is 2.85 bits per heavy atom. The van der Waals surface area contributed by atoms with Gasteiger partial charge in [0.25, 0.3) is 5.91 Å². The van der Waals surface area contributed by atoms with Crippen molar-refractivity contribution in [2.24, 2.45) is 5.73 Å². The summed E-state index contributed by atoms with van der Waals surface area (Å²) in [5.41, 5.74) is 8.36. The first-order valence-corrected chi connectivity index (χ1v) is 9.27. The fraction of sp³-hybridized carbons (Fsp3) is 0.278. The third-order valence-electron chi connectivity index (χ3n) is 4.45. The highest BCUT2D eigenvalue weighted by Crippen LogP contribution is 2.26. The fourth-order valence-corrected chi connectivity index (χ4v) is 3.92. The molecule has 0 spiro atoms. The van der Waals surface area contributed by atoms with Crippen LogP contribution in [0, 0.1) is 0 Å². The Hall–Kier alpha value is -2.71. The first-order chi connectivity index (χ1) is 12.6. The third kappa shape index (κ3) is 3.33. The minimum absolute atomic E-state index is 0.294. The smallest absolute Gasteiger partial charge is 0.268 e. The summed E-state index contributed by atoms with van der Waals surface area (Å²) in [4.78, 5) is 17.6. The maximum atomic E-state index is 11.2. The van der Waals surface area contributed by atoms with Crippen molar-refractivity contribution in [1.29, 1.82) is 0 Å². The lowest BCUT2D eigenvalue weighted by Gasteiger charge is -2.27. The number of primary amides is 1. The van der Waals surface area contributed by atoms with Gasteiger partial charge in [0.2, 0.25) is 0 Å². The van der Waals surface area contributed by atoms with Crippen molar-refractivity contribution in [2.45, 2.75) is 25.6 Å². The minimum Gasteiger partial charge on any atom is -0.386 e. The average Bonchev–Trinajstić information content (AvgIpc) is 3.29. The van der Waals surface area contributed by atoms with Gasteiger partial charge in [-0.3, -0.25) is 9.48 Å². The predicted octanol–water partition coefficient (Wildman–Crippen LogP) is 1.73. The number of fused-ring (bicyclic) bond motifs is 1. The van der Waals surface area contributed by atoms with Gasteiger partial charge in [-0.2, -0.15) is 5.10 Å². The van der Waals surface area contributed by atoms with E-state index in [2.05, 4.69) is 15.0 Å². The Balaban J connectivity index is 1.48. The van der Waals surface area contributed by atoms with Gasteiger partial charge in [0.1, 0.15) is 11.8 Å². The first kappa shape index (κ1) is 16.7. The topological polar surface area (TPSA) is 97.3 Å². The molecule has 7 nitrogen and oxygen atoms in total. The second kappa shape index (κ2) is 6.89. The molecule has 4 rings (SSSR count). The van der Waals surface area contributed by atoms with Crippen molar-refractivity contribution in [3.63, 3.8) is 0 Å². The quantitative estimate of drug-likeness (QED) is 0.714. The lowest BCUT2D eigenvalue weighted by atomic mass is 10.1. The second-order valence-electron chi connectivity index (χ2n) is 6.29. The van der Waals surface area contributed by atoms with Gasteiger partial charge in [-0.1, -0.05) is 30.3 Å². The molecule has 0 saturated heterocycles. The van der Waals surface area contributed by atoms with E-state index in [-0.39, 0.29) is 0 Å². The highest BCUT2D eigenvalue weighted by Gasteiger charge is 2.23. The van der Waals surface area contributed by atoms with Gasteiger partial charge in [-0.15, -0.1) is 11.3 Å². The van der Waals surface area contributed by atoms with Gasteiger partial charge < -0.3 is 15.7 Å². The number of rotatable bonds is 5. The summed E-state index contributed by atoms with van der Waals surface area (Å²) in [6.45, 7) is 2.09. The molecule has 0 bridgehead atoms. The number of aliphatic hydroxyl groups excluding tert-OH is 1. The molecule has 3 heterocycles. The maximum Gasteiger partial charge on any atom is 0.268 e. The van der Waals surface area contributed by atoms with E-state index in [1.54, 1.807) is 5.38 Å². The molecule has 3 aromatic rings. The minimum atomic E-state index is -0.634. The SMILES string of the molecule is NC(=O)c1csc(N2CCn3nc(C(O)Cc4ccccc4)cc3C2)n1. The van der Waals surface area contributed by atoms with Crippen LogP contribution in [0.5, 0.6) is 0 Å². The lowest BCUT2D eigenvalue weighted by Crippen LogP contribution is -2.33. The van der Waals surface area contributed by atoms with Gasteiger partial charge in [-0.25, -0.2) is 4.98 Å². The molecule has 1 aromatic carbocycles. The Bertz CT molecular complexity index is 921. The van der Waals surface area contributed by atoms with Crippen LogP contribution in [-0.4, -0.2) is 32.3 Å². The standard InChI is InChI=1S/C18H19N5O2S/c19-17(25)15-11-26-18(20-15)22-6-7-23-13(10-22)9-14(21-23)16(24)8-12-4-2-1-3-5-12/h1-5,9,11,16,24H,6-8,10H2,(H2,19,25). The molecule has 2 aromatic heterocycles. The van der Waals surface area contributed by atoms with Crippen LogP contribution in [0.3, 0.4) is 0 Å². The van der Waals surface area contributed by atoms with Gasteiger partial charge in [0.05, 0.1) is 24.5 Å². The largest absolute Gasteiger partial charge is 0.386 e. The molecule has 8 heteroatoms. The first-order valence-electron chi connectivity index (χ1n) is 8.39. The lowest BCUT2D eigenvalue weighted by molar-refractivity contribution is 0.0996. The van der Waals surface area contributed by atoms with Crippen LogP contribution in [0.4, 0.5) is 5.13 Å². The summed E-state index contributed by atoms with van der Waals surface area (Å²) >= 11 is 1.41. The van der Waals surface area contributed by atoms with Crippen LogP contribution in [0.1, 0.15) is 33.5 Å². The molecule has 3 N–H and O–H groups in total. The monoisotopic (exact) mass is 369 g/mol. The van der Waals surface area contributed by atoms with Crippen molar-refractivity contribution >= 4 is 22.4 Å². The highest BCUT2D eigenvalue weighted by atomic mass is 32.1. The number of nitrogens with two attached hydrogens (primary N) is 1. The number of nitrogens with zero attached hydrogens (tertiary/aromatic N) is 4. The number of anilines is 1. The van der Waals surface area contributed by atoms with Crippen molar-refractivity contribution in [3.05, 3.63) is 64.4 Å². The summed E-state index contributed by atoms with van der Waals surface area (Å²) in [5, 5.41) is 17.5. The Morgan fingerprint density at radius 1 is 1.31 bits per heavy atom. The molecule has 1 atom stereocenters. The summed E-state index contributed by atoms with van der Waals surface area (Å²) in [6, 6.07) is 11.8. The van der Waals surface area contributed by atoms with Gasteiger partial charge in [0.15, 0.2) is 5.13 Å². The number of hydrogen-bond acceptors (Lipinski definition) is 6. The number of hydrogen-bond donors (Lipinski definition) is 2. The Labute approximate surface area is 154 Å². The van der Waals surface area contributed by atoms with Crippen LogP contribution < -0.4 is 10.6 Å². The third-order valence-corrected chi connectivity index (χ3v) is 5.35. The number of amides is 1. The summed E-state index contributed by atoms with van der Waals surface area (Å²) in [6.07, 6.45) is -0.0968. The van der Waals surface area contributed by atoms with E-state index in [9.17, 15) is 9.90 Å². The summed E-state index contributed by atoms with van der Waals surface area (Å²) in [5.74, 6) is -0.513. The Morgan fingerprint density at radius 2 is 2.12 bits per heavy atom. The van der Waals surface area contributed by atoms with E-state index in [1.807, 2.05) is 41.1 Å². The van der Waals surface area contributed by atoms with E-state index in [0.29, 0.717) is 30.9 Å². The molecule has 0 saturated carbocycles. The molecule has 134 valence electrons. The number of carbonyl (C=O) groups is 1. The number of aromatic nitrogens is 3. The maximum absolute atomic E-state index is 11.2. The van der Waals surface area contributed by atoms with E-state index < -0.39 is 12.0 Å². The van der Waals surface area contributed by atoms with Crippen LogP contribution in [0.25, 0.3) is 0 Å². The molecular weight excluding hydrogens is 350 g/mol. The molecule has 26 heavy (non-hydrogen) atoms. The molecule has 1 amide bonds. The van der Waals surface area contributed by atoms with E-state index >= 15 is 0 Å². The Kier molecular flexibility index (Phi) is 4.44. The van der Waals surface area contributed by atoms with E-state index in [4.69, 9.17) is 5.73 Å². The molecule has 1 aliphatic heterocycles. The average molecular weight is 369 g/mol. The zero-order chi connectivity index (χ0) is 18.1. The highest BCUT2D eigenvalue weighted by molar-refractivity contribution is 7.13. The normalized spacial score (nSPS) is 14.9. The molecule has 0 fully saturated rings. The molecular formula is C18H19N5O2S. The molecule has 1 unspecified atom stereocenters. The number of thiazole rings is 1. The summed E-state index contributed by atoms with van der Waals surface area (Å²) in [7, 11) is 0. The number of aliphatic hydroxyl groups is 1. The predicted molar refractivity (Wildman–Crippen MR) is 99.0 cm³/mol. The zero-order valence-corrected chi connectivity index (χ0v) is 14.9. The number of carbonyl (C=O) groups excluding carboxylic acids is 1. The summed E-state index contributed by atoms with van der Waals surface area (Å²) < 4.78 is 1.93. The van der Waals surface area contributed by atoms with Crippen molar-refractivity contribution in [1.82, 2.24) is 14.8 Å². The second-order valence-corrected chi connectivity index (χ2v) is 7.13. The van der Waals surface area contributed by atoms with Crippen molar-refractivity contribution < 1.29 is 9.90 Å². The molecule has 0 radical (unpaired) electrons. The van der Waals surface area contributed by atoms with Crippen LogP contribution >= 0.6 is 11.3 Å². The van der Waals surface area contributed by atoms with Crippen molar-refractivity contribution in [2.75, 3.05) is 11.4 Å². The zero-order valence-electron chi connectivity index (χ0n) is 14.1. The van der Waals surface area contributed by atoms with Gasteiger partial charge >= 0.3 is 0 Å². The molecule has 0 aliphatic carbocycles.